The molecule has 1 atom stereocenters. The van der Waals surface area contributed by atoms with Gasteiger partial charge in [0.15, 0.2) is 0 Å². The molecule has 0 radical (unpaired) electrons. The Morgan fingerprint density at radius 1 is 1.15 bits per heavy atom. The molecule has 0 bridgehead atoms. The molecule has 4 nitrogen and oxygen atoms in total. The van der Waals surface area contributed by atoms with Gasteiger partial charge in [0, 0.05) is 23.8 Å². The van der Waals surface area contributed by atoms with Crippen LogP contribution in [0.15, 0.2) is 48.5 Å². The standard InChI is InChI=1S/C23H31NO3/c1-4-5-15-27-17-21-16-20(13-14-22(21)26-3)23(25)24-18(2)11-12-19-9-7-6-8-10-19/h6-10,13-14,16,18H,4-5,11-12,15,17H2,1-3H3,(H,24,25)/t18-/m0/s1. The van der Waals surface area contributed by atoms with Gasteiger partial charge >= 0.3 is 0 Å². The number of carbonyl (C=O) groups excluding carboxylic acids is 1. The first-order valence-corrected chi connectivity index (χ1v) is 9.73. The molecule has 0 aliphatic heterocycles. The Kier molecular flexibility index (Phi) is 8.85. The summed E-state index contributed by atoms with van der Waals surface area (Å²) in [7, 11) is 1.64. The van der Waals surface area contributed by atoms with Crippen LogP contribution in [-0.2, 0) is 17.8 Å². The van der Waals surface area contributed by atoms with Gasteiger partial charge < -0.3 is 14.8 Å². The van der Waals surface area contributed by atoms with Crippen LogP contribution in [0.25, 0.3) is 0 Å². The molecule has 0 saturated carbocycles. The third-order valence-electron chi connectivity index (χ3n) is 4.53. The quantitative estimate of drug-likeness (QED) is 0.581. The summed E-state index contributed by atoms with van der Waals surface area (Å²) in [5.74, 6) is 0.688. The molecule has 146 valence electrons. The molecule has 0 saturated heterocycles. The van der Waals surface area contributed by atoms with Crippen molar-refractivity contribution in [3.63, 3.8) is 0 Å². The molecule has 2 aromatic rings. The van der Waals surface area contributed by atoms with Crippen molar-refractivity contribution in [1.82, 2.24) is 5.32 Å². The van der Waals surface area contributed by atoms with Crippen molar-refractivity contribution < 1.29 is 14.3 Å². The Hall–Kier alpha value is -2.33. The maximum absolute atomic E-state index is 12.6. The highest BCUT2D eigenvalue weighted by molar-refractivity contribution is 5.94. The molecular formula is C23H31NO3. The second-order valence-electron chi connectivity index (χ2n) is 6.83. The van der Waals surface area contributed by atoms with Crippen LogP contribution in [0.5, 0.6) is 5.75 Å². The van der Waals surface area contributed by atoms with E-state index in [2.05, 4.69) is 24.4 Å². The largest absolute Gasteiger partial charge is 0.496 e. The normalized spacial score (nSPS) is 11.8. The minimum absolute atomic E-state index is 0.0620. The molecule has 0 aliphatic carbocycles. The number of unbranched alkanes of at least 4 members (excludes halogenated alkanes) is 1. The monoisotopic (exact) mass is 369 g/mol. The molecule has 0 aromatic heterocycles. The fourth-order valence-electron chi connectivity index (χ4n) is 2.87. The van der Waals surface area contributed by atoms with Crippen LogP contribution < -0.4 is 10.1 Å². The molecule has 27 heavy (non-hydrogen) atoms. The number of methoxy groups -OCH3 is 1. The summed E-state index contributed by atoms with van der Waals surface area (Å²) in [6, 6.07) is 15.9. The minimum Gasteiger partial charge on any atom is -0.496 e. The van der Waals surface area contributed by atoms with Crippen LogP contribution in [0.2, 0.25) is 0 Å². The molecule has 1 N–H and O–H groups in total. The molecule has 4 heteroatoms. The van der Waals surface area contributed by atoms with Crippen molar-refractivity contribution in [2.75, 3.05) is 13.7 Å². The zero-order valence-corrected chi connectivity index (χ0v) is 16.7. The first-order chi connectivity index (χ1) is 13.1. The molecule has 0 spiro atoms. The average Bonchev–Trinajstić information content (AvgIpc) is 2.70. The van der Waals surface area contributed by atoms with Crippen molar-refractivity contribution in [3.05, 3.63) is 65.2 Å². The smallest absolute Gasteiger partial charge is 0.251 e. The molecule has 1 amide bonds. The lowest BCUT2D eigenvalue weighted by molar-refractivity contribution is 0.0937. The SMILES string of the molecule is CCCCOCc1cc(C(=O)N[C@@H](C)CCc2ccccc2)ccc1OC. The maximum atomic E-state index is 12.6. The lowest BCUT2D eigenvalue weighted by Gasteiger charge is -2.15. The lowest BCUT2D eigenvalue weighted by atomic mass is 10.1. The number of aryl methyl sites for hydroxylation is 1. The molecule has 0 aliphatic rings. The van der Waals surface area contributed by atoms with E-state index in [1.54, 1.807) is 13.2 Å². The average molecular weight is 370 g/mol. The Balaban J connectivity index is 1.92. The summed E-state index contributed by atoms with van der Waals surface area (Å²) >= 11 is 0. The van der Waals surface area contributed by atoms with Crippen molar-refractivity contribution in [1.29, 1.82) is 0 Å². The summed E-state index contributed by atoms with van der Waals surface area (Å²) in [4.78, 5) is 12.6. The van der Waals surface area contributed by atoms with Gasteiger partial charge in [-0.25, -0.2) is 0 Å². The van der Waals surface area contributed by atoms with Gasteiger partial charge in [-0.1, -0.05) is 43.7 Å². The van der Waals surface area contributed by atoms with Crippen LogP contribution in [-0.4, -0.2) is 25.7 Å². The number of rotatable bonds is 11. The highest BCUT2D eigenvalue weighted by atomic mass is 16.5. The predicted octanol–water partition coefficient (Wildman–Crippen LogP) is 4.76. The first-order valence-electron chi connectivity index (χ1n) is 9.73. The van der Waals surface area contributed by atoms with Gasteiger partial charge in [0.2, 0.25) is 0 Å². The second kappa shape index (κ2) is 11.4. The number of amides is 1. The van der Waals surface area contributed by atoms with Crippen LogP contribution in [0.4, 0.5) is 0 Å². The minimum atomic E-state index is -0.0620. The summed E-state index contributed by atoms with van der Waals surface area (Å²) in [5.41, 5.74) is 2.82. The Bertz CT molecular complexity index is 700. The predicted molar refractivity (Wildman–Crippen MR) is 109 cm³/mol. The van der Waals surface area contributed by atoms with E-state index in [-0.39, 0.29) is 11.9 Å². The summed E-state index contributed by atoms with van der Waals surface area (Å²) < 4.78 is 11.1. The van der Waals surface area contributed by atoms with Gasteiger partial charge in [0.05, 0.1) is 13.7 Å². The number of hydrogen-bond acceptors (Lipinski definition) is 3. The molecule has 0 fully saturated rings. The maximum Gasteiger partial charge on any atom is 0.251 e. The second-order valence-corrected chi connectivity index (χ2v) is 6.83. The van der Waals surface area contributed by atoms with E-state index in [1.807, 2.05) is 37.3 Å². The van der Waals surface area contributed by atoms with Gasteiger partial charge in [-0.3, -0.25) is 4.79 Å². The fourth-order valence-corrected chi connectivity index (χ4v) is 2.87. The number of carbonyl (C=O) groups is 1. The van der Waals surface area contributed by atoms with Crippen molar-refractivity contribution in [2.24, 2.45) is 0 Å². The molecule has 2 aromatic carbocycles. The Labute approximate surface area is 162 Å². The van der Waals surface area contributed by atoms with Crippen molar-refractivity contribution in [3.8, 4) is 5.75 Å². The van der Waals surface area contributed by atoms with Gasteiger partial charge in [-0.15, -0.1) is 0 Å². The molecule has 2 rings (SSSR count). The van der Waals surface area contributed by atoms with E-state index in [1.165, 1.54) is 5.56 Å². The van der Waals surface area contributed by atoms with E-state index >= 15 is 0 Å². The third-order valence-corrected chi connectivity index (χ3v) is 4.53. The van der Waals surface area contributed by atoms with E-state index in [4.69, 9.17) is 9.47 Å². The zero-order chi connectivity index (χ0) is 19.5. The highest BCUT2D eigenvalue weighted by Gasteiger charge is 2.13. The number of hydrogen-bond donors (Lipinski definition) is 1. The molecular weight excluding hydrogens is 338 g/mol. The summed E-state index contributed by atoms with van der Waals surface area (Å²) in [6.45, 7) is 5.34. The van der Waals surface area contributed by atoms with Gasteiger partial charge in [-0.05, 0) is 49.9 Å². The van der Waals surface area contributed by atoms with Crippen LogP contribution >= 0.6 is 0 Å². The number of benzene rings is 2. The van der Waals surface area contributed by atoms with E-state index < -0.39 is 0 Å². The fraction of sp³-hybridized carbons (Fsp3) is 0.435. The number of ether oxygens (including phenoxy) is 2. The topological polar surface area (TPSA) is 47.6 Å². The summed E-state index contributed by atoms with van der Waals surface area (Å²) in [5, 5.41) is 3.09. The van der Waals surface area contributed by atoms with E-state index in [0.29, 0.717) is 18.8 Å². The van der Waals surface area contributed by atoms with Gasteiger partial charge in [0.25, 0.3) is 5.91 Å². The summed E-state index contributed by atoms with van der Waals surface area (Å²) in [6.07, 6.45) is 3.97. The van der Waals surface area contributed by atoms with Gasteiger partial charge in [-0.2, -0.15) is 0 Å². The van der Waals surface area contributed by atoms with Crippen molar-refractivity contribution >= 4 is 5.91 Å². The highest BCUT2D eigenvalue weighted by Crippen LogP contribution is 2.21. The Morgan fingerprint density at radius 3 is 2.63 bits per heavy atom. The van der Waals surface area contributed by atoms with Gasteiger partial charge in [0.1, 0.15) is 5.75 Å². The van der Waals surface area contributed by atoms with E-state index in [9.17, 15) is 4.79 Å². The first kappa shape index (κ1) is 21.0. The number of nitrogens with one attached hydrogen (secondary N) is 1. The van der Waals surface area contributed by atoms with E-state index in [0.717, 1.165) is 37.0 Å². The zero-order valence-electron chi connectivity index (χ0n) is 16.7. The van der Waals surface area contributed by atoms with Crippen molar-refractivity contribution in [2.45, 2.75) is 52.2 Å². The third kappa shape index (κ3) is 7.06. The molecule has 0 heterocycles. The lowest BCUT2D eigenvalue weighted by Crippen LogP contribution is -2.33. The van der Waals surface area contributed by atoms with Crippen LogP contribution in [0.3, 0.4) is 0 Å². The van der Waals surface area contributed by atoms with Crippen LogP contribution in [0.1, 0.15) is 54.6 Å². The van der Waals surface area contributed by atoms with Crippen LogP contribution in [0, 0.1) is 0 Å². The molecule has 0 unspecified atom stereocenters. The Morgan fingerprint density at radius 2 is 1.93 bits per heavy atom.